The smallest absolute Gasteiger partial charge is 0.300 e. The van der Waals surface area contributed by atoms with Crippen LogP contribution in [-0.2, 0) is 0 Å². The van der Waals surface area contributed by atoms with Crippen molar-refractivity contribution in [1.82, 2.24) is 15.4 Å². The van der Waals surface area contributed by atoms with Crippen LogP contribution in [0.5, 0.6) is 0 Å². The minimum atomic E-state index is -0.328. The lowest BCUT2D eigenvalue weighted by atomic mass is 10.2. The van der Waals surface area contributed by atoms with E-state index in [4.69, 9.17) is 11.6 Å². The molecule has 7 heteroatoms. The van der Waals surface area contributed by atoms with E-state index in [2.05, 4.69) is 20.5 Å². The zero-order chi connectivity index (χ0) is 16.5. The number of hydrazone groups is 1. The van der Waals surface area contributed by atoms with Crippen LogP contribution in [-0.4, -0.2) is 22.1 Å². The molecule has 0 aliphatic carbocycles. The number of nitrogens with one attached hydrogen (secondary N) is 2. The largest absolute Gasteiger partial charge is 0.361 e. The average molecular weight is 355 g/mol. The zero-order valence-corrected chi connectivity index (χ0v) is 13.9. The summed E-state index contributed by atoms with van der Waals surface area (Å²) in [4.78, 5) is 19.6. The summed E-state index contributed by atoms with van der Waals surface area (Å²) in [5, 5.41) is 6.00. The minimum Gasteiger partial charge on any atom is -0.361 e. The monoisotopic (exact) mass is 354 g/mol. The maximum atomic E-state index is 12.2. The van der Waals surface area contributed by atoms with Gasteiger partial charge in [-0.15, -0.1) is 11.3 Å². The first-order valence-corrected chi connectivity index (χ1v) is 8.36. The maximum Gasteiger partial charge on any atom is 0.300 e. The van der Waals surface area contributed by atoms with Crippen molar-refractivity contribution in [2.75, 3.05) is 0 Å². The van der Waals surface area contributed by atoms with Crippen molar-refractivity contribution < 1.29 is 4.79 Å². The summed E-state index contributed by atoms with van der Waals surface area (Å²) in [5.41, 5.74) is 5.12. The zero-order valence-electron chi connectivity index (χ0n) is 12.3. The number of aromatic amines is 1. The first-order valence-electron chi connectivity index (χ1n) is 7.16. The molecule has 4 aromatic rings. The second-order valence-corrected chi connectivity index (χ2v) is 6.59. The highest BCUT2D eigenvalue weighted by atomic mass is 35.5. The van der Waals surface area contributed by atoms with E-state index >= 15 is 0 Å². The Hall–Kier alpha value is -2.70. The molecule has 0 aliphatic heterocycles. The van der Waals surface area contributed by atoms with Gasteiger partial charge < -0.3 is 4.98 Å². The lowest BCUT2D eigenvalue weighted by Gasteiger charge is -1.95. The second-order valence-electron chi connectivity index (χ2n) is 5.12. The molecule has 2 N–H and O–H groups in total. The Morgan fingerprint density at radius 1 is 1.29 bits per heavy atom. The van der Waals surface area contributed by atoms with Crippen LogP contribution in [0.4, 0.5) is 0 Å². The third kappa shape index (κ3) is 2.77. The molecule has 5 nitrogen and oxygen atoms in total. The van der Waals surface area contributed by atoms with Crippen LogP contribution in [0, 0.1) is 0 Å². The quantitative estimate of drug-likeness (QED) is 0.427. The van der Waals surface area contributed by atoms with Crippen LogP contribution in [0.2, 0.25) is 5.02 Å². The van der Waals surface area contributed by atoms with E-state index in [0.717, 1.165) is 26.7 Å². The lowest BCUT2D eigenvalue weighted by Crippen LogP contribution is -2.17. The number of nitrogens with zero attached hydrogens (tertiary/aromatic N) is 2. The van der Waals surface area contributed by atoms with Crippen molar-refractivity contribution in [3.05, 3.63) is 64.3 Å². The van der Waals surface area contributed by atoms with Gasteiger partial charge in [0.05, 0.1) is 16.4 Å². The number of aromatic nitrogens is 2. The summed E-state index contributed by atoms with van der Waals surface area (Å²) in [6, 6.07) is 13.2. The molecule has 4 rings (SSSR count). The molecular weight excluding hydrogens is 344 g/mol. The molecule has 1 amide bonds. The van der Waals surface area contributed by atoms with E-state index in [0.29, 0.717) is 10.0 Å². The van der Waals surface area contributed by atoms with Gasteiger partial charge in [-0.25, -0.2) is 10.4 Å². The fraction of sp³-hybridized carbons (Fsp3) is 0. The van der Waals surface area contributed by atoms with Gasteiger partial charge >= 0.3 is 0 Å². The highest BCUT2D eigenvalue weighted by Gasteiger charge is 2.11. The minimum absolute atomic E-state index is 0.328. The first-order chi connectivity index (χ1) is 11.7. The fourth-order valence-electron chi connectivity index (χ4n) is 2.40. The maximum absolute atomic E-state index is 12.2. The number of halogens is 1. The number of rotatable bonds is 3. The Bertz CT molecular complexity index is 1050. The first kappa shape index (κ1) is 14.9. The third-order valence-electron chi connectivity index (χ3n) is 3.53. The van der Waals surface area contributed by atoms with Crippen LogP contribution < -0.4 is 5.43 Å². The van der Waals surface area contributed by atoms with Gasteiger partial charge in [-0.05, 0) is 30.3 Å². The van der Waals surface area contributed by atoms with Gasteiger partial charge in [0.25, 0.3) is 5.91 Å². The predicted molar refractivity (Wildman–Crippen MR) is 98.0 cm³/mol. The average Bonchev–Trinajstić information content (AvgIpc) is 3.18. The number of benzene rings is 2. The van der Waals surface area contributed by atoms with Gasteiger partial charge in [-0.3, -0.25) is 4.79 Å². The van der Waals surface area contributed by atoms with Gasteiger partial charge in [0, 0.05) is 27.7 Å². The summed E-state index contributed by atoms with van der Waals surface area (Å²) in [5.74, 6) is -0.328. The molecule has 0 aliphatic rings. The molecule has 2 heterocycles. The molecule has 2 aromatic carbocycles. The van der Waals surface area contributed by atoms with Gasteiger partial charge in [0.1, 0.15) is 0 Å². The number of fused-ring (bicyclic) bond motifs is 2. The normalized spacial score (nSPS) is 11.5. The van der Waals surface area contributed by atoms with Gasteiger partial charge in [0.15, 0.2) is 5.01 Å². The van der Waals surface area contributed by atoms with E-state index in [1.807, 2.05) is 48.7 Å². The van der Waals surface area contributed by atoms with Crippen LogP contribution in [0.25, 0.3) is 21.1 Å². The van der Waals surface area contributed by atoms with Crippen LogP contribution in [0.15, 0.2) is 53.8 Å². The number of carbonyl (C=O) groups excluding carboxylic acids is 1. The number of carbonyl (C=O) groups is 1. The van der Waals surface area contributed by atoms with Crippen molar-refractivity contribution in [3.63, 3.8) is 0 Å². The van der Waals surface area contributed by atoms with Crippen LogP contribution in [0.1, 0.15) is 15.4 Å². The number of amides is 1. The molecule has 0 saturated carbocycles. The van der Waals surface area contributed by atoms with Gasteiger partial charge in [-0.1, -0.05) is 23.7 Å². The molecule has 118 valence electrons. The lowest BCUT2D eigenvalue weighted by molar-refractivity contribution is 0.0955. The molecule has 0 radical (unpaired) electrons. The second kappa shape index (κ2) is 6.07. The highest BCUT2D eigenvalue weighted by Crippen LogP contribution is 2.22. The summed E-state index contributed by atoms with van der Waals surface area (Å²) in [6.07, 6.45) is 3.40. The van der Waals surface area contributed by atoms with E-state index in [-0.39, 0.29) is 5.91 Å². The Balaban J connectivity index is 1.53. The van der Waals surface area contributed by atoms with E-state index in [1.54, 1.807) is 6.21 Å². The number of hydrogen-bond donors (Lipinski definition) is 2. The summed E-state index contributed by atoms with van der Waals surface area (Å²) < 4.78 is 0.970. The standard InChI is InChI=1S/C17H11ClN4OS/c18-11-5-6-13-12(7-11)10(8-19-13)9-20-22-16(23)17-21-14-3-1-2-4-15(14)24-17/h1-9,19H,(H,22,23)/b20-9+. The Labute approximate surface area is 146 Å². The molecule has 0 fully saturated rings. The molecule has 2 aromatic heterocycles. The SMILES string of the molecule is O=C(N/N=C/c1c[nH]c2ccc(Cl)cc12)c1nc2ccccc2s1. The van der Waals surface area contributed by atoms with Crippen LogP contribution >= 0.6 is 22.9 Å². The summed E-state index contributed by atoms with van der Waals surface area (Å²) >= 11 is 7.35. The van der Waals surface area contributed by atoms with Crippen molar-refractivity contribution >= 4 is 56.2 Å². The van der Waals surface area contributed by atoms with Gasteiger partial charge in [-0.2, -0.15) is 5.10 Å². The number of thiazole rings is 1. The number of para-hydroxylation sites is 1. The molecule has 0 bridgehead atoms. The predicted octanol–water partition coefficient (Wildman–Crippen LogP) is 4.19. The van der Waals surface area contributed by atoms with Crippen molar-refractivity contribution in [3.8, 4) is 0 Å². The Morgan fingerprint density at radius 3 is 3.04 bits per heavy atom. The van der Waals surface area contributed by atoms with Crippen molar-refractivity contribution in [2.24, 2.45) is 5.10 Å². The number of H-pyrrole nitrogens is 1. The van der Waals surface area contributed by atoms with E-state index in [9.17, 15) is 4.79 Å². The Kier molecular flexibility index (Phi) is 3.76. The molecular formula is C17H11ClN4OS. The topological polar surface area (TPSA) is 70.1 Å². The fourth-order valence-corrected chi connectivity index (χ4v) is 3.43. The molecule has 0 saturated heterocycles. The van der Waals surface area contributed by atoms with Gasteiger partial charge in [0.2, 0.25) is 0 Å². The third-order valence-corrected chi connectivity index (χ3v) is 4.80. The molecule has 0 spiro atoms. The summed E-state index contributed by atoms with van der Waals surface area (Å²) in [7, 11) is 0. The summed E-state index contributed by atoms with van der Waals surface area (Å²) in [6.45, 7) is 0. The molecule has 24 heavy (non-hydrogen) atoms. The molecule has 0 unspecified atom stereocenters. The highest BCUT2D eigenvalue weighted by molar-refractivity contribution is 7.20. The van der Waals surface area contributed by atoms with Crippen LogP contribution in [0.3, 0.4) is 0 Å². The number of hydrogen-bond acceptors (Lipinski definition) is 4. The van der Waals surface area contributed by atoms with Crippen molar-refractivity contribution in [1.29, 1.82) is 0 Å². The van der Waals surface area contributed by atoms with E-state index < -0.39 is 0 Å². The van der Waals surface area contributed by atoms with E-state index in [1.165, 1.54) is 11.3 Å². The molecule has 0 atom stereocenters. The van der Waals surface area contributed by atoms with Crippen molar-refractivity contribution in [2.45, 2.75) is 0 Å². The Morgan fingerprint density at radius 2 is 2.17 bits per heavy atom.